The minimum Gasteiger partial charge on any atom is -0.284 e. The van der Waals surface area contributed by atoms with Crippen LogP contribution in [0.25, 0.3) is 0 Å². The number of hydrogen-bond acceptors (Lipinski definition) is 5. The van der Waals surface area contributed by atoms with Crippen LogP contribution in [0.1, 0.15) is 17.5 Å². The average Bonchev–Trinajstić information content (AvgIpc) is 2.86. The van der Waals surface area contributed by atoms with Crippen molar-refractivity contribution in [2.75, 3.05) is 4.72 Å². The quantitative estimate of drug-likeness (QED) is 0.883. The van der Waals surface area contributed by atoms with Gasteiger partial charge in [-0.2, -0.15) is 5.10 Å². The molecule has 0 aliphatic carbocycles. The van der Waals surface area contributed by atoms with Crippen molar-refractivity contribution < 1.29 is 8.42 Å². The van der Waals surface area contributed by atoms with Gasteiger partial charge in [0.2, 0.25) is 0 Å². The van der Waals surface area contributed by atoms with Crippen LogP contribution in [0.15, 0.2) is 17.3 Å². The lowest BCUT2D eigenvalue weighted by Gasteiger charge is -2.00. The van der Waals surface area contributed by atoms with E-state index in [0.717, 1.165) is 17.0 Å². The Hall–Kier alpha value is -1.41. The van der Waals surface area contributed by atoms with Crippen molar-refractivity contribution in [2.45, 2.75) is 25.2 Å². The standard InChI is InChI=1S/C9H12N4O2S2/c1-3-8-6(2)16-9(12-8)13-17(14,15)7-4-10-11-5-7/h4-5H,3H2,1-2H3,(H,10,11)(H,12,13). The van der Waals surface area contributed by atoms with Crippen LogP contribution in [-0.4, -0.2) is 23.6 Å². The van der Waals surface area contributed by atoms with Crippen molar-refractivity contribution in [3.8, 4) is 0 Å². The molecule has 0 saturated carbocycles. The Morgan fingerprint density at radius 3 is 2.82 bits per heavy atom. The molecule has 6 nitrogen and oxygen atoms in total. The number of anilines is 1. The number of H-pyrrole nitrogens is 1. The summed E-state index contributed by atoms with van der Waals surface area (Å²) in [5.41, 5.74) is 0.917. The highest BCUT2D eigenvalue weighted by molar-refractivity contribution is 7.93. The number of nitrogens with one attached hydrogen (secondary N) is 2. The number of aryl methyl sites for hydroxylation is 2. The molecular weight excluding hydrogens is 260 g/mol. The number of hydrogen-bond donors (Lipinski definition) is 2. The summed E-state index contributed by atoms with van der Waals surface area (Å²) in [7, 11) is -3.58. The van der Waals surface area contributed by atoms with E-state index in [0.29, 0.717) is 5.13 Å². The van der Waals surface area contributed by atoms with E-state index in [4.69, 9.17) is 0 Å². The van der Waals surface area contributed by atoms with Crippen molar-refractivity contribution in [3.05, 3.63) is 23.0 Å². The third-order valence-electron chi connectivity index (χ3n) is 2.23. The number of rotatable bonds is 4. The maximum absolute atomic E-state index is 11.9. The molecule has 0 aliphatic heterocycles. The Labute approximate surface area is 103 Å². The van der Waals surface area contributed by atoms with Crippen LogP contribution in [0, 0.1) is 6.92 Å². The Morgan fingerprint density at radius 2 is 2.29 bits per heavy atom. The first-order valence-electron chi connectivity index (χ1n) is 5.01. The summed E-state index contributed by atoms with van der Waals surface area (Å²) < 4.78 is 26.2. The maximum Gasteiger partial charge on any atom is 0.266 e. The first-order valence-corrected chi connectivity index (χ1v) is 7.31. The number of thiazole rings is 1. The lowest BCUT2D eigenvalue weighted by molar-refractivity contribution is 0.601. The Morgan fingerprint density at radius 1 is 1.53 bits per heavy atom. The Kier molecular flexibility index (Phi) is 3.16. The second-order valence-corrected chi connectivity index (χ2v) is 6.30. The zero-order valence-electron chi connectivity index (χ0n) is 9.39. The normalized spacial score (nSPS) is 11.6. The molecule has 0 radical (unpaired) electrons. The molecule has 0 atom stereocenters. The van der Waals surface area contributed by atoms with E-state index in [1.807, 2.05) is 13.8 Å². The van der Waals surface area contributed by atoms with Crippen LogP contribution >= 0.6 is 11.3 Å². The molecule has 0 amide bonds. The molecule has 0 saturated heterocycles. The molecule has 0 spiro atoms. The van der Waals surface area contributed by atoms with Crippen molar-refractivity contribution in [2.24, 2.45) is 0 Å². The third-order valence-corrected chi connectivity index (χ3v) is 4.60. The van der Waals surface area contributed by atoms with Crippen molar-refractivity contribution in [1.29, 1.82) is 0 Å². The van der Waals surface area contributed by atoms with E-state index in [-0.39, 0.29) is 4.90 Å². The molecular formula is C9H12N4O2S2. The summed E-state index contributed by atoms with van der Waals surface area (Å²) >= 11 is 1.33. The molecule has 92 valence electrons. The maximum atomic E-state index is 11.9. The van der Waals surface area contributed by atoms with Gasteiger partial charge in [-0.3, -0.25) is 9.82 Å². The molecule has 2 rings (SSSR count). The zero-order valence-corrected chi connectivity index (χ0v) is 11.0. The van der Waals surface area contributed by atoms with E-state index in [1.165, 1.54) is 23.7 Å². The molecule has 2 N–H and O–H groups in total. The molecule has 0 unspecified atom stereocenters. The minimum absolute atomic E-state index is 0.100. The van der Waals surface area contributed by atoms with Crippen LogP contribution in [0.4, 0.5) is 5.13 Å². The molecule has 2 aromatic heterocycles. The average molecular weight is 272 g/mol. The molecule has 2 heterocycles. The van der Waals surface area contributed by atoms with Gasteiger partial charge in [-0.15, -0.1) is 11.3 Å². The SMILES string of the molecule is CCc1nc(NS(=O)(=O)c2cn[nH]c2)sc1C. The van der Waals surface area contributed by atoms with E-state index < -0.39 is 10.0 Å². The fraction of sp³-hybridized carbons (Fsp3) is 0.333. The predicted octanol–water partition coefficient (Wildman–Crippen LogP) is 1.54. The smallest absolute Gasteiger partial charge is 0.266 e. The van der Waals surface area contributed by atoms with Gasteiger partial charge in [0.15, 0.2) is 5.13 Å². The number of aromatic nitrogens is 3. The second-order valence-electron chi connectivity index (χ2n) is 3.41. The molecule has 0 bridgehead atoms. The molecule has 2 aromatic rings. The lowest BCUT2D eigenvalue weighted by Crippen LogP contribution is -2.11. The van der Waals surface area contributed by atoms with Crippen LogP contribution < -0.4 is 4.72 Å². The van der Waals surface area contributed by atoms with E-state index in [1.54, 1.807) is 0 Å². The van der Waals surface area contributed by atoms with E-state index >= 15 is 0 Å². The second kappa shape index (κ2) is 4.46. The fourth-order valence-electron chi connectivity index (χ4n) is 1.36. The highest BCUT2D eigenvalue weighted by Crippen LogP contribution is 2.24. The van der Waals surface area contributed by atoms with Crippen LogP contribution in [0.2, 0.25) is 0 Å². The minimum atomic E-state index is -3.58. The summed E-state index contributed by atoms with van der Waals surface area (Å²) in [6, 6.07) is 0. The fourth-order valence-corrected chi connectivity index (χ4v) is 3.40. The summed E-state index contributed by atoms with van der Waals surface area (Å²) in [5.74, 6) is 0. The summed E-state index contributed by atoms with van der Waals surface area (Å²) in [4.78, 5) is 5.35. The van der Waals surface area contributed by atoms with Gasteiger partial charge < -0.3 is 0 Å². The van der Waals surface area contributed by atoms with Gasteiger partial charge in [0.25, 0.3) is 10.0 Å². The summed E-state index contributed by atoms with van der Waals surface area (Å²) in [6.07, 6.45) is 3.36. The topological polar surface area (TPSA) is 87.7 Å². The summed E-state index contributed by atoms with van der Waals surface area (Å²) in [6.45, 7) is 3.91. The van der Waals surface area contributed by atoms with Gasteiger partial charge in [0.05, 0.1) is 11.9 Å². The van der Waals surface area contributed by atoms with Crippen molar-refractivity contribution in [3.63, 3.8) is 0 Å². The number of aromatic amines is 1. The highest BCUT2D eigenvalue weighted by atomic mass is 32.2. The van der Waals surface area contributed by atoms with Gasteiger partial charge in [-0.25, -0.2) is 13.4 Å². The lowest BCUT2D eigenvalue weighted by atomic mass is 10.3. The van der Waals surface area contributed by atoms with Gasteiger partial charge in [-0.05, 0) is 13.3 Å². The third kappa shape index (κ3) is 2.47. The van der Waals surface area contributed by atoms with Crippen LogP contribution in [-0.2, 0) is 16.4 Å². The zero-order chi connectivity index (χ0) is 12.5. The van der Waals surface area contributed by atoms with E-state index in [9.17, 15) is 8.42 Å². The first-order chi connectivity index (χ1) is 8.03. The van der Waals surface area contributed by atoms with Crippen LogP contribution in [0.3, 0.4) is 0 Å². The Bertz CT molecular complexity index is 601. The van der Waals surface area contributed by atoms with Gasteiger partial charge in [0, 0.05) is 11.1 Å². The molecule has 17 heavy (non-hydrogen) atoms. The van der Waals surface area contributed by atoms with Gasteiger partial charge >= 0.3 is 0 Å². The molecule has 0 aliphatic rings. The summed E-state index contributed by atoms with van der Waals surface area (Å²) in [5, 5.41) is 6.46. The monoisotopic (exact) mass is 272 g/mol. The molecule has 0 fully saturated rings. The number of nitrogens with zero attached hydrogens (tertiary/aromatic N) is 2. The predicted molar refractivity (Wildman–Crippen MR) is 65.6 cm³/mol. The Balaban J connectivity index is 2.26. The van der Waals surface area contributed by atoms with Crippen molar-refractivity contribution in [1.82, 2.24) is 15.2 Å². The van der Waals surface area contributed by atoms with E-state index in [2.05, 4.69) is 19.9 Å². The highest BCUT2D eigenvalue weighted by Gasteiger charge is 2.17. The van der Waals surface area contributed by atoms with Gasteiger partial charge in [0.1, 0.15) is 4.90 Å². The molecule has 0 aromatic carbocycles. The van der Waals surface area contributed by atoms with Crippen LogP contribution in [0.5, 0.6) is 0 Å². The first kappa shape index (κ1) is 12.1. The van der Waals surface area contributed by atoms with Crippen molar-refractivity contribution >= 4 is 26.5 Å². The van der Waals surface area contributed by atoms with Gasteiger partial charge in [-0.1, -0.05) is 6.92 Å². The molecule has 8 heteroatoms. The largest absolute Gasteiger partial charge is 0.284 e. The number of sulfonamides is 1.